The Kier molecular flexibility index (Phi) is 12.8. The van der Waals surface area contributed by atoms with E-state index in [9.17, 15) is 10.1 Å². The zero-order valence-corrected chi connectivity index (χ0v) is 30.6. The number of carbonyl (C=O) groups excluding carboxylic acids is 1. The molecule has 13 nitrogen and oxygen atoms in total. The van der Waals surface area contributed by atoms with Gasteiger partial charge in [-0.1, -0.05) is 37.6 Å². The highest BCUT2D eigenvalue weighted by molar-refractivity contribution is 6.21. The molecular weight excluding hydrogens is 672 g/mol. The second-order valence-electron chi connectivity index (χ2n) is 12.8. The lowest BCUT2D eigenvalue weighted by molar-refractivity contribution is -0.126. The van der Waals surface area contributed by atoms with Gasteiger partial charge in [0, 0.05) is 67.5 Å². The Labute approximate surface area is 305 Å². The number of nitriles is 1. The van der Waals surface area contributed by atoms with Gasteiger partial charge in [0.25, 0.3) is 0 Å². The average Bonchev–Trinajstić information content (AvgIpc) is 3.33. The zero-order valence-electron chi connectivity index (χ0n) is 29.9. The number of ether oxygens (including phenoxy) is 4. The van der Waals surface area contributed by atoms with Crippen LogP contribution in [-0.2, 0) is 16.1 Å². The maximum atomic E-state index is 10.9. The molecule has 0 bridgehead atoms. The van der Waals surface area contributed by atoms with E-state index in [-0.39, 0.29) is 19.3 Å². The summed E-state index contributed by atoms with van der Waals surface area (Å²) in [5, 5.41) is 16.7. The summed E-state index contributed by atoms with van der Waals surface area (Å²) in [6.45, 7) is 11.2. The normalized spacial score (nSPS) is 19.5. The Morgan fingerprint density at radius 2 is 2.08 bits per heavy atom. The summed E-state index contributed by atoms with van der Waals surface area (Å²) in [6, 6.07) is 10.4. The molecule has 1 amide bonds. The molecule has 2 aliphatic heterocycles. The van der Waals surface area contributed by atoms with Crippen LogP contribution >= 0.6 is 11.6 Å². The number of halogens is 1. The predicted octanol–water partition coefficient (Wildman–Crippen LogP) is 3.84. The molecule has 14 heteroatoms. The summed E-state index contributed by atoms with van der Waals surface area (Å²) in [5.74, 6) is 7.88. The second kappa shape index (κ2) is 17.3. The van der Waals surface area contributed by atoms with Crippen LogP contribution < -0.4 is 31.1 Å². The van der Waals surface area contributed by atoms with Crippen LogP contribution in [0.3, 0.4) is 0 Å². The van der Waals surface area contributed by atoms with Gasteiger partial charge in [0.15, 0.2) is 0 Å². The highest BCUT2D eigenvalue weighted by Gasteiger charge is 2.48. The molecule has 5 rings (SSSR count). The third kappa shape index (κ3) is 7.95. The molecule has 51 heavy (non-hydrogen) atoms. The number of aryl methyl sites for hydroxylation is 1. The summed E-state index contributed by atoms with van der Waals surface area (Å²) < 4.78 is 25.5. The lowest BCUT2D eigenvalue weighted by atomic mass is 9.85. The third-order valence-corrected chi connectivity index (χ3v) is 10.6. The van der Waals surface area contributed by atoms with Crippen molar-refractivity contribution < 1.29 is 23.7 Å². The van der Waals surface area contributed by atoms with Gasteiger partial charge >= 0.3 is 0 Å². The number of hydrogen-bond donors (Lipinski definition) is 3. The number of benzene rings is 2. The number of nitrogens with two attached hydrogens (primary N) is 2. The fourth-order valence-corrected chi connectivity index (χ4v) is 7.57. The first kappa shape index (κ1) is 37.9. The number of hydrazine groups is 1. The Bertz CT molecular complexity index is 1750. The Morgan fingerprint density at radius 3 is 2.78 bits per heavy atom. The lowest BCUT2D eigenvalue weighted by Gasteiger charge is -2.49. The Hall–Kier alpha value is -4.32. The van der Waals surface area contributed by atoms with E-state index >= 15 is 0 Å². The molecule has 1 aromatic heterocycles. The largest absolute Gasteiger partial charge is 0.492 e. The van der Waals surface area contributed by atoms with E-state index in [1.807, 2.05) is 31.2 Å². The van der Waals surface area contributed by atoms with Crippen molar-refractivity contribution in [3.05, 3.63) is 59.6 Å². The quantitative estimate of drug-likeness (QED) is 0.0490. The Balaban J connectivity index is 1.59. The number of rotatable bonds is 16. The maximum absolute atomic E-state index is 10.9. The highest BCUT2D eigenvalue weighted by Crippen LogP contribution is 2.48. The number of amides is 1. The third-order valence-electron chi connectivity index (χ3n) is 9.93. The van der Waals surface area contributed by atoms with Gasteiger partial charge in [-0.25, -0.2) is 10.8 Å². The van der Waals surface area contributed by atoms with Crippen LogP contribution in [0.25, 0.3) is 21.9 Å². The SMILES string of the molecule is CCN(CC)CCOc1cc2c(c(C#N)c1-c1c(C)ccc3ccnc(OC)c13)OCC1CC(OCCNC=O)(C(Cl)N(N)/C=C\N)CCN1C2. The number of methoxy groups -OCH3 is 1. The number of fused-ring (bicyclic) bond motifs is 3. The number of nitrogens with zero attached hydrogens (tertiary/aromatic N) is 5. The van der Waals surface area contributed by atoms with Crippen molar-refractivity contribution in [2.75, 3.05) is 59.7 Å². The van der Waals surface area contributed by atoms with Gasteiger partial charge in [0.05, 0.1) is 19.1 Å². The van der Waals surface area contributed by atoms with Gasteiger partial charge in [-0.2, -0.15) is 5.26 Å². The minimum atomic E-state index is -0.882. The molecule has 3 unspecified atom stereocenters. The first-order valence-electron chi connectivity index (χ1n) is 17.4. The molecule has 3 atom stereocenters. The summed E-state index contributed by atoms with van der Waals surface area (Å²) in [6.07, 6.45) is 6.21. The molecular formula is C37H49ClN8O5. The predicted molar refractivity (Wildman–Crippen MR) is 197 cm³/mol. The van der Waals surface area contributed by atoms with E-state index in [1.54, 1.807) is 13.3 Å². The molecule has 5 N–H and O–H groups in total. The van der Waals surface area contributed by atoms with Crippen molar-refractivity contribution in [3.8, 4) is 34.6 Å². The Morgan fingerprint density at radius 1 is 1.27 bits per heavy atom. The molecule has 0 spiro atoms. The molecule has 274 valence electrons. The van der Waals surface area contributed by atoms with Crippen LogP contribution in [0.4, 0.5) is 0 Å². The number of nitrogens with one attached hydrogen (secondary N) is 1. The first-order chi connectivity index (χ1) is 24.7. The fourth-order valence-electron chi connectivity index (χ4n) is 7.24. The van der Waals surface area contributed by atoms with Crippen LogP contribution in [0, 0.1) is 18.3 Å². The fraction of sp³-hybridized carbons (Fsp3) is 0.486. The van der Waals surface area contributed by atoms with Crippen molar-refractivity contribution >= 4 is 28.8 Å². The van der Waals surface area contributed by atoms with Crippen LogP contribution in [0.1, 0.15) is 43.4 Å². The smallest absolute Gasteiger partial charge is 0.221 e. The number of pyridine rings is 1. The standard InChI is InChI=1S/C37H49ClN8O5/c1-5-44(6-2)16-18-49-30-19-27-22-45-14-10-37(51-17-13-42-24-47,36(38)46(41)15-11-39)20-28(45)23-50-34(27)29(21-40)33(30)31-25(3)7-8-26-9-12-43-35(48-4)32(26)31/h7-9,11-12,15,19,24,28,36H,5-6,10,13-14,16-18,20,22-23,39,41H2,1-4H3,(H,42,47)/b15-11-. The minimum Gasteiger partial charge on any atom is -0.492 e. The van der Waals surface area contributed by atoms with Crippen molar-refractivity contribution in [1.82, 2.24) is 25.1 Å². The van der Waals surface area contributed by atoms with Crippen LogP contribution in [-0.4, -0.2) is 103 Å². The van der Waals surface area contributed by atoms with E-state index in [1.165, 1.54) is 17.4 Å². The molecule has 3 heterocycles. The second-order valence-corrected chi connectivity index (χ2v) is 13.2. The van der Waals surface area contributed by atoms with Crippen molar-refractivity contribution in [1.29, 1.82) is 5.26 Å². The van der Waals surface area contributed by atoms with Crippen LogP contribution in [0.15, 0.2) is 42.9 Å². The van der Waals surface area contributed by atoms with Crippen LogP contribution in [0.2, 0.25) is 0 Å². The number of alkyl halides is 1. The van der Waals surface area contributed by atoms with E-state index < -0.39 is 11.1 Å². The van der Waals surface area contributed by atoms with Crippen LogP contribution in [0.5, 0.6) is 17.4 Å². The summed E-state index contributed by atoms with van der Waals surface area (Å²) >= 11 is 7.00. The van der Waals surface area contributed by atoms with Gasteiger partial charge in [0.1, 0.15) is 47.4 Å². The molecule has 2 aromatic carbocycles. The number of carbonyl (C=O) groups is 1. The lowest BCUT2D eigenvalue weighted by Crippen LogP contribution is -2.61. The number of piperidine rings is 1. The van der Waals surface area contributed by atoms with E-state index in [0.717, 1.165) is 47.1 Å². The molecule has 1 saturated heterocycles. The average molecular weight is 721 g/mol. The van der Waals surface area contributed by atoms with Crippen molar-refractivity contribution in [3.63, 3.8) is 0 Å². The number of hydrogen-bond acceptors (Lipinski definition) is 12. The van der Waals surface area contributed by atoms with Gasteiger partial charge in [-0.05, 0) is 55.9 Å². The van der Waals surface area contributed by atoms with E-state index in [4.69, 9.17) is 42.1 Å². The minimum absolute atomic E-state index is 0.132. The summed E-state index contributed by atoms with van der Waals surface area (Å²) in [7, 11) is 1.60. The summed E-state index contributed by atoms with van der Waals surface area (Å²) in [5.41, 5.74) is 7.66. The summed E-state index contributed by atoms with van der Waals surface area (Å²) in [4.78, 5) is 20.1. The van der Waals surface area contributed by atoms with Crippen molar-refractivity contribution in [2.45, 2.75) is 57.3 Å². The molecule has 3 aromatic rings. The molecule has 0 saturated carbocycles. The van der Waals surface area contributed by atoms with E-state index in [2.05, 4.69) is 40.0 Å². The van der Waals surface area contributed by atoms with E-state index in [0.29, 0.717) is 74.0 Å². The first-order valence-corrected chi connectivity index (χ1v) is 17.8. The van der Waals surface area contributed by atoms with Gasteiger partial charge < -0.3 is 34.9 Å². The van der Waals surface area contributed by atoms with Crippen molar-refractivity contribution in [2.24, 2.45) is 11.6 Å². The molecule has 0 radical (unpaired) electrons. The van der Waals surface area contributed by atoms with Gasteiger partial charge in [-0.3, -0.25) is 14.7 Å². The molecule has 1 fully saturated rings. The molecule has 2 aliphatic rings. The topological polar surface area (TPSA) is 164 Å². The number of aromatic nitrogens is 1. The number of likely N-dealkylation sites (N-methyl/N-ethyl adjacent to an activating group) is 1. The van der Waals surface area contributed by atoms with Gasteiger partial charge in [0.2, 0.25) is 12.3 Å². The highest BCUT2D eigenvalue weighted by atomic mass is 35.5. The zero-order chi connectivity index (χ0) is 36.5. The van der Waals surface area contributed by atoms with Gasteiger partial charge in [-0.15, -0.1) is 0 Å². The molecule has 0 aliphatic carbocycles. The monoisotopic (exact) mass is 720 g/mol. The maximum Gasteiger partial charge on any atom is 0.221 e.